The number of rotatable bonds is 8. The topological polar surface area (TPSA) is 46.6 Å². The molecule has 4 nitrogen and oxygen atoms in total. The van der Waals surface area contributed by atoms with Crippen molar-refractivity contribution in [3.8, 4) is 5.75 Å². The van der Waals surface area contributed by atoms with Gasteiger partial charge < -0.3 is 4.74 Å². The third-order valence-corrected chi connectivity index (χ3v) is 7.19. The molecular weight excluding hydrogens is 429 g/mol. The summed E-state index contributed by atoms with van der Waals surface area (Å²) in [5.74, 6) is -2.75. The van der Waals surface area contributed by atoms with Crippen LogP contribution in [0.3, 0.4) is 0 Å². The van der Waals surface area contributed by atoms with E-state index in [-0.39, 0.29) is 18.0 Å². The van der Waals surface area contributed by atoms with E-state index in [9.17, 15) is 30.4 Å². The summed E-state index contributed by atoms with van der Waals surface area (Å²) in [6, 6.07) is 6.24. The van der Waals surface area contributed by atoms with Crippen LogP contribution in [0.2, 0.25) is 0 Å². The summed E-state index contributed by atoms with van der Waals surface area (Å²) in [5.41, 5.74) is 0. The van der Waals surface area contributed by atoms with Crippen LogP contribution in [0.15, 0.2) is 29.2 Å². The maximum absolute atomic E-state index is 13.2. The number of hydrogen-bond acceptors (Lipinski definition) is 4. The lowest BCUT2D eigenvalue weighted by Crippen LogP contribution is -2.49. The van der Waals surface area contributed by atoms with Gasteiger partial charge in [0.2, 0.25) is 0 Å². The van der Waals surface area contributed by atoms with Crippen LogP contribution in [0.1, 0.15) is 25.7 Å². The molecule has 0 radical (unpaired) electrons. The van der Waals surface area contributed by atoms with Crippen LogP contribution in [0.4, 0.5) is 22.0 Å². The molecule has 1 aromatic carbocycles. The van der Waals surface area contributed by atoms with Crippen LogP contribution in [-0.4, -0.2) is 57.9 Å². The average molecular weight is 455 g/mol. The second-order valence-electron chi connectivity index (χ2n) is 8.36. The molecule has 0 bridgehead atoms. The quantitative estimate of drug-likeness (QED) is 0.545. The summed E-state index contributed by atoms with van der Waals surface area (Å²) in [7, 11) is -3.24. The number of nitrogens with zero attached hydrogens (tertiary/aromatic N) is 1. The van der Waals surface area contributed by atoms with Gasteiger partial charge in [0.1, 0.15) is 5.75 Å². The molecule has 30 heavy (non-hydrogen) atoms. The van der Waals surface area contributed by atoms with Crippen molar-refractivity contribution in [3.63, 3.8) is 0 Å². The zero-order chi connectivity index (χ0) is 22.2. The monoisotopic (exact) mass is 455 g/mol. The van der Waals surface area contributed by atoms with E-state index in [0.29, 0.717) is 43.0 Å². The molecule has 170 valence electrons. The number of halogens is 5. The highest BCUT2D eigenvalue weighted by Gasteiger charge is 2.58. The van der Waals surface area contributed by atoms with Crippen LogP contribution in [0, 0.1) is 17.8 Å². The Morgan fingerprint density at radius 2 is 1.67 bits per heavy atom. The van der Waals surface area contributed by atoms with E-state index in [4.69, 9.17) is 4.74 Å². The van der Waals surface area contributed by atoms with Crippen molar-refractivity contribution in [2.45, 2.75) is 42.7 Å². The Kier molecular flexibility index (Phi) is 6.67. The van der Waals surface area contributed by atoms with Gasteiger partial charge in [-0.3, -0.25) is 4.90 Å². The lowest BCUT2D eigenvalue weighted by atomic mass is 9.90. The molecule has 1 saturated heterocycles. The molecule has 0 N–H and O–H groups in total. The highest BCUT2D eigenvalue weighted by molar-refractivity contribution is 7.90. The van der Waals surface area contributed by atoms with Gasteiger partial charge in [0.15, 0.2) is 9.84 Å². The Hall–Kier alpha value is -1.42. The van der Waals surface area contributed by atoms with Gasteiger partial charge in [-0.15, -0.1) is 0 Å². The highest BCUT2D eigenvalue weighted by atomic mass is 32.2. The Labute approximate surface area is 173 Å². The fourth-order valence-corrected chi connectivity index (χ4v) is 4.83. The molecule has 2 atom stereocenters. The van der Waals surface area contributed by atoms with Gasteiger partial charge in [-0.05, 0) is 80.8 Å². The van der Waals surface area contributed by atoms with Crippen LogP contribution >= 0.6 is 0 Å². The average Bonchev–Trinajstić information content (AvgIpc) is 3.40. The normalized spacial score (nSPS) is 24.1. The van der Waals surface area contributed by atoms with Crippen molar-refractivity contribution in [2.24, 2.45) is 17.8 Å². The lowest BCUT2D eigenvalue weighted by Gasteiger charge is -2.34. The molecule has 1 unspecified atom stereocenters. The smallest absolute Gasteiger partial charge is 0.454 e. The molecule has 1 aliphatic carbocycles. The van der Waals surface area contributed by atoms with Gasteiger partial charge in [0, 0.05) is 6.26 Å². The van der Waals surface area contributed by atoms with E-state index in [1.54, 1.807) is 12.1 Å². The van der Waals surface area contributed by atoms with E-state index in [1.165, 1.54) is 17.0 Å². The lowest BCUT2D eigenvalue weighted by molar-refractivity contribution is -0.287. The van der Waals surface area contributed by atoms with Crippen molar-refractivity contribution in [1.29, 1.82) is 0 Å². The largest absolute Gasteiger partial charge is 0.494 e. The zero-order valence-corrected chi connectivity index (χ0v) is 17.5. The maximum Gasteiger partial charge on any atom is 0.454 e. The molecule has 3 rings (SSSR count). The van der Waals surface area contributed by atoms with E-state index in [0.717, 1.165) is 19.1 Å². The predicted octanol–water partition coefficient (Wildman–Crippen LogP) is 4.40. The van der Waals surface area contributed by atoms with Crippen molar-refractivity contribution in [3.05, 3.63) is 24.3 Å². The molecule has 0 spiro atoms. The number of benzene rings is 1. The van der Waals surface area contributed by atoms with E-state index in [1.807, 2.05) is 0 Å². The molecule has 0 amide bonds. The first-order chi connectivity index (χ1) is 13.9. The second kappa shape index (κ2) is 8.61. The summed E-state index contributed by atoms with van der Waals surface area (Å²) < 4.78 is 92.0. The Balaban J connectivity index is 1.36. The molecule has 1 heterocycles. The molecule has 1 aromatic rings. The number of sulfone groups is 1. The van der Waals surface area contributed by atoms with Crippen LogP contribution in [0.5, 0.6) is 5.75 Å². The van der Waals surface area contributed by atoms with E-state index >= 15 is 0 Å². The molecule has 2 fully saturated rings. The van der Waals surface area contributed by atoms with Crippen molar-refractivity contribution >= 4 is 9.84 Å². The van der Waals surface area contributed by atoms with Crippen molar-refractivity contribution < 1.29 is 35.1 Å². The predicted molar refractivity (Wildman–Crippen MR) is 101 cm³/mol. The number of likely N-dealkylation sites (tertiary alicyclic amines) is 1. The number of alkyl halides is 5. The molecular formula is C20H26F5NO3S. The van der Waals surface area contributed by atoms with Crippen LogP contribution in [0.25, 0.3) is 0 Å². The van der Waals surface area contributed by atoms with Crippen LogP contribution in [-0.2, 0) is 9.84 Å². The Bertz CT molecular complexity index is 818. The summed E-state index contributed by atoms with van der Waals surface area (Å²) in [6.45, 7) is -0.231. The fraction of sp³-hybridized carbons (Fsp3) is 0.700. The maximum atomic E-state index is 13.2. The Morgan fingerprint density at radius 3 is 2.20 bits per heavy atom. The van der Waals surface area contributed by atoms with Gasteiger partial charge in [-0.25, -0.2) is 8.42 Å². The number of piperidine rings is 1. The van der Waals surface area contributed by atoms with Gasteiger partial charge >= 0.3 is 12.1 Å². The first-order valence-corrected chi connectivity index (χ1v) is 11.9. The first kappa shape index (κ1) is 23.2. The van der Waals surface area contributed by atoms with E-state index < -0.39 is 28.5 Å². The van der Waals surface area contributed by atoms with Crippen molar-refractivity contribution in [2.75, 3.05) is 32.5 Å². The summed E-state index contributed by atoms with van der Waals surface area (Å²) in [4.78, 5) is 1.45. The minimum atomic E-state index is -5.50. The van der Waals surface area contributed by atoms with Gasteiger partial charge in [0.25, 0.3) is 0 Å². The SMILES string of the molecule is CS(=O)(=O)c1ccc(OCCC2C[C@@H]2C2CCN(CC(F)(F)C(F)(F)F)CC2)cc1. The third-order valence-electron chi connectivity index (χ3n) is 6.06. The Morgan fingerprint density at radius 1 is 1.07 bits per heavy atom. The van der Waals surface area contributed by atoms with E-state index in [2.05, 4.69) is 0 Å². The molecule has 10 heteroatoms. The minimum absolute atomic E-state index is 0.233. The summed E-state index contributed by atoms with van der Waals surface area (Å²) >= 11 is 0. The van der Waals surface area contributed by atoms with Crippen LogP contribution < -0.4 is 4.74 Å². The molecule has 1 aliphatic heterocycles. The molecule has 2 aliphatic rings. The number of ether oxygens (including phenoxy) is 1. The highest BCUT2D eigenvalue weighted by Crippen LogP contribution is 2.50. The summed E-state index contributed by atoms with van der Waals surface area (Å²) in [5, 5.41) is 0. The third kappa shape index (κ3) is 5.84. The number of hydrogen-bond donors (Lipinski definition) is 0. The molecule has 0 aromatic heterocycles. The van der Waals surface area contributed by atoms with Crippen molar-refractivity contribution in [1.82, 2.24) is 4.90 Å². The fourth-order valence-electron chi connectivity index (χ4n) is 4.20. The molecule has 1 saturated carbocycles. The van der Waals surface area contributed by atoms with Gasteiger partial charge in [-0.2, -0.15) is 22.0 Å². The standard InChI is InChI=1S/C20H26F5NO3S/c1-30(27,28)17-4-2-16(3-5-17)29-11-8-15-12-18(15)14-6-9-26(10-7-14)13-19(21,22)20(23,24)25/h2-5,14-15,18H,6-13H2,1H3/t15?,18-/m1/s1. The van der Waals surface area contributed by atoms with Gasteiger partial charge in [0.05, 0.1) is 18.0 Å². The first-order valence-electron chi connectivity index (χ1n) is 9.96. The zero-order valence-electron chi connectivity index (χ0n) is 16.7. The summed E-state index contributed by atoms with van der Waals surface area (Å²) in [6.07, 6.45) is -1.21. The van der Waals surface area contributed by atoms with Gasteiger partial charge in [-0.1, -0.05) is 0 Å². The minimum Gasteiger partial charge on any atom is -0.494 e. The second-order valence-corrected chi connectivity index (χ2v) is 10.4.